The van der Waals surface area contributed by atoms with E-state index in [1.54, 1.807) is 17.7 Å². The second-order valence-corrected chi connectivity index (χ2v) is 8.75. The third-order valence-electron chi connectivity index (χ3n) is 5.42. The normalized spacial score (nSPS) is 19.9. The predicted octanol–water partition coefficient (Wildman–Crippen LogP) is 2.91. The van der Waals surface area contributed by atoms with Crippen molar-refractivity contribution in [1.82, 2.24) is 24.6 Å². The molecule has 134 valence electrons. The number of nitrogens with one attached hydrogen (secondary N) is 1. The molecule has 0 radical (unpaired) electrons. The summed E-state index contributed by atoms with van der Waals surface area (Å²) in [7, 11) is 1.97. The van der Waals surface area contributed by atoms with Gasteiger partial charge in [-0.25, -0.2) is 9.78 Å². The van der Waals surface area contributed by atoms with Crippen molar-refractivity contribution in [3.8, 4) is 0 Å². The molecule has 0 aromatic carbocycles. The number of likely N-dealkylation sites (tertiary alicyclic amines) is 1. The largest absolute Gasteiger partial charge is 0.324 e. The van der Waals surface area contributed by atoms with Gasteiger partial charge in [-0.15, -0.1) is 21.5 Å². The maximum absolute atomic E-state index is 12.6. The Morgan fingerprint density at radius 1 is 1.36 bits per heavy atom. The first-order chi connectivity index (χ1) is 11.9. The number of thiazole rings is 1. The van der Waals surface area contributed by atoms with E-state index in [2.05, 4.69) is 34.3 Å². The first-order valence-corrected chi connectivity index (χ1v) is 9.66. The average molecular weight is 360 g/mol. The van der Waals surface area contributed by atoms with E-state index in [0.717, 1.165) is 55.4 Å². The van der Waals surface area contributed by atoms with E-state index in [0.29, 0.717) is 5.92 Å². The van der Waals surface area contributed by atoms with Crippen LogP contribution in [-0.4, -0.2) is 43.8 Å². The number of amides is 2. The fraction of sp³-hybridized carbons (Fsp3) is 0.647. The van der Waals surface area contributed by atoms with Crippen LogP contribution in [0.3, 0.4) is 0 Å². The lowest BCUT2D eigenvalue weighted by Crippen LogP contribution is -2.40. The van der Waals surface area contributed by atoms with Crippen molar-refractivity contribution in [3.63, 3.8) is 0 Å². The summed E-state index contributed by atoms with van der Waals surface area (Å²) in [5.41, 5.74) is 1.29. The van der Waals surface area contributed by atoms with Gasteiger partial charge in [0.1, 0.15) is 12.2 Å². The smallest absolute Gasteiger partial charge is 0.323 e. The van der Waals surface area contributed by atoms with Crippen LogP contribution in [0.15, 0.2) is 6.33 Å². The van der Waals surface area contributed by atoms with Gasteiger partial charge in [0.25, 0.3) is 0 Å². The van der Waals surface area contributed by atoms with Crippen LogP contribution in [-0.2, 0) is 18.9 Å². The third-order valence-corrected chi connectivity index (χ3v) is 6.45. The standard InChI is InChI=1S/C17H24N6OS/c1-17(2)7-4-12-13(17)19-15(25-12)20-16(24)23-8-5-11(6-9-23)14-21-18-10-22(14)3/h10-11H,4-9H2,1-3H3,(H,19,20,24). The molecule has 3 heterocycles. The zero-order valence-electron chi connectivity index (χ0n) is 14.9. The van der Waals surface area contributed by atoms with Crippen molar-refractivity contribution < 1.29 is 4.79 Å². The molecule has 0 bridgehead atoms. The first-order valence-electron chi connectivity index (χ1n) is 8.84. The number of anilines is 1. The molecule has 0 unspecified atom stereocenters. The molecule has 1 fully saturated rings. The van der Waals surface area contributed by atoms with Crippen molar-refractivity contribution in [2.75, 3.05) is 18.4 Å². The predicted molar refractivity (Wildman–Crippen MR) is 97.0 cm³/mol. The van der Waals surface area contributed by atoms with Crippen molar-refractivity contribution in [2.24, 2.45) is 7.05 Å². The molecular weight excluding hydrogens is 336 g/mol. The SMILES string of the molecule is Cn1cnnc1C1CCN(C(=O)Nc2nc3c(s2)CCC3(C)C)CC1. The van der Waals surface area contributed by atoms with Crippen LogP contribution < -0.4 is 5.32 Å². The molecule has 2 aromatic rings. The first kappa shape index (κ1) is 16.5. The summed E-state index contributed by atoms with van der Waals surface area (Å²) in [6.45, 7) is 5.92. The number of aryl methyl sites for hydroxylation is 2. The van der Waals surface area contributed by atoms with Crippen LogP contribution in [0.4, 0.5) is 9.93 Å². The quantitative estimate of drug-likeness (QED) is 0.893. The highest BCUT2D eigenvalue weighted by Gasteiger charge is 2.34. The Balaban J connectivity index is 1.36. The molecule has 1 saturated heterocycles. The summed E-state index contributed by atoms with van der Waals surface area (Å²) >= 11 is 1.63. The molecule has 7 nitrogen and oxygen atoms in total. The lowest BCUT2D eigenvalue weighted by molar-refractivity contribution is 0.193. The van der Waals surface area contributed by atoms with Gasteiger partial charge in [0.15, 0.2) is 5.13 Å². The fourth-order valence-electron chi connectivity index (χ4n) is 3.82. The maximum atomic E-state index is 12.6. The Bertz CT molecular complexity index is 787. The molecular formula is C17H24N6OS. The molecule has 2 aliphatic rings. The van der Waals surface area contributed by atoms with E-state index in [1.807, 2.05) is 16.5 Å². The van der Waals surface area contributed by atoms with E-state index in [4.69, 9.17) is 0 Å². The van der Waals surface area contributed by atoms with Crippen LogP contribution in [0.25, 0.3) is 0 Å². The van der Waals surface area contributed by atoms with Gasteiger partial charge in [-0.3, -0.25) is 5.32 Å². The number of carbonyl (C=O) groups excluding carboxylic acids is 1. The summed E-state index contributed by atoms with van der Waals surface area (Å²) in [6, 6.07) is -0.0401. The zero-order chi connectivity index (χ0) is 17.6. The van der Waals surface area contributed by atoms with Gasteiger partial charge in [-0.1, -0.05) is 13.8 Å². The van der Waals surface area contributed by atoms with Crippen molar-refractivity contribution >= 4 is 22.5 Å². The molecule has 1 N–H and O–H groups in total. The van der Waals surface area contributed by atoms with Gasteiger partial charge >= 0.3 is 6.03 Å². The van der Waals surface area contributed by atoms with Gasteiger partial charge < -0.3 is 9.47 Å². The van der Waals surface area contributed by atoms with Crippen LogP contribution in [0.1, 0.15) is 55.4 Å². The number of carbonyl (C=O) groups is 1. The number of hydrogen-bond acceptors (Lipinski definition) is 5. The number of fused-ring (bicyclic) bond motifs is 1. The summed E-state index contributed by atoms with van der Waals surface area (Å²) in [5, 5.41) is 11.9. The molecule has 0 spiro atoms. The Morgan fingerprint density at radius 3 is 2.76 bits per heavy atom. The average Bonchev–Trinajstić information content (AvgIpc) is 3.25. The van der Waals surface area contributed by atoms with E-state index >= 15 is 0 Å². The Morgan fingerprint density at radius 2 is 2.12 bits per heavy atom. The molecule has 2 aromatic heterocycles. The van der Waals surface area contributed by atoms with E-state index in [-0.39, 0.29) is 11.4 Å². The van der Waals surface area contributed by atoms with Gasteiger partial charge in [0.05, 0.1) is 5.69 Å². The van der Waals surface area contributed by atoms with E-state index in [9.17, 15) is 4.79 Å². The minimum Gasteiger partial charge on any atom is -0.324 e. The van der Waals surface area contributed by atoms with Gasteiger partial charge in [0.2, 0.25) is 0 Å². The second kappa shape index (κ2) is 6.09. The minimum atomic E-state index is -0.0401. The number of urea groups is 1. The van der Waals surface area contributed by atoms with E-state index < -0.39 is 0 Å². The molecule has 2 amide bonds. The van der Waals surface area contributed by atoms with Gasteiger partial charge in [-0.05, 0) is 25.7 Å². The van der Waals surface area contributed by atoms with Crippen LogP contribution in [0.2, 0.25) is 0 Å². The number of nitrogens with zero attached hydrogens (tertiary/aromatic N) is 5. The summed E-state index contributed by atoms with van der Waals surface area (Å²) in [6.07, 6.45) is 5.78. The Labute approximate surface area is 151 Å². The van der Waals surface area contributed by atoms with Crippen molar-refractivity contribution in [3.05, 3.63) is 22.7 Å². The Kier molecular flexibility index (Phi) is 4.02. The third kappa shape index (κ3) is 3.03. The lowest BCUT2D eigenvalue weighted by atomic mass is 9.91. The van der Waals surface area contributed by atoms with Crippen LogP contribution >= 0.6 is 11.3 Å². The highest BCUT2D eigenvalue weighted by atomic mass is 32.1. The van der Waals surface area contributed by atoms with Crippen LogP contribution in [0, 0.1) is 0 Å². The monoisotopic (exact) mass is 360 g/mol. The highest BCUT2D eigenvalue weighted by Crippen LogP contribution is 2.42. The Hall–Kier alpha value is -1.96. The number of aromatic nitrogens is 4. The van der Waals surface area contributed by atoms with Crippen LogP contribution in [0.5, 0.6) is 0 Å². The number of piperidine rings is 1. The molecule has 1 aliphatic carbocycles. The van der Waals surface area contributed by atoms with Crippen molar-refractivity contribution in [2.45, 2.75) is 50.9 Å². The summed E-state index contributed by atoms with van der Waals surface area (Å²) < 4.78 is 1.97. The molecule has 1 aliphatic heterocycles. The summed E-state index contributed by atoms with van der Waals surface area (Å²) in [4.78, 5) is 20.4. The minimum absolute atomic E-state index is 0.0401. The highest BCUT2D eigenvalue weighted by molar-refractivity contribution is 7.16. The van der Waals surface area contributed by atoms with E-state index in [1.165, 1.54) is 4.88 Å². The molecule has 8 heteroatoms. The molecule has 4 rings (SSSR count). The van der Waals surface area contributed by atoms with Crippen molar-refractivity contribution in [1.29, 1.82) is 0 Å². The lowest BCUT2D eigenvalue weighted by Gasteiger charge is -2.31. The molecule has 25 heavy (non-hydrogen) atoms. The zero-order valence-corrected chi connectivity index (χ0v) is 15.8. The molecule has 0 atom stereocenters. The number of rotatable bonds is 2. The fourth-order valence-corrected chi connectivity index (χ4v) is 4.95. The maximum Gasteiger partial charge on any atom is 0.323 e. The number of hydrogen-bond donors (Lipinski definition) is 1. The summed E-state index contributed by atoms with van der Waals surface area (Å²) in [5.74, 6) is 1.39. The van der Waals surface area contributed by atoms with Gasteiger partial charge in [-0.2, -0.15) is 0 Å². The topological polar surface area (TPSA) is 75.9 Å². The second-order valence-electron chi connectivity index (χ2n) is 7.67. The molecule has 0 saturated carbocycles. The van der Waals surface area contributed by atoms with Gasteiger partial charge in [0, 0.05) is 36.3 Å².